The fraction of sp³-hybridized carbons (Fsp3) is 0.133. The Morgan fingerprint density at radius 2 is 1.90 bits per heavy atom. The summed E-state index contributed by atoms with van der Waals surface area (Å²) in [5, 5.41) is 13.8. The Morgan fingerprint density at radius 3 is 2.52 bits per heavy atom. The van der Waals surface area contributed by atoms with Crippen LogP contribution in [0.15, 0.2) is 53.0 Å². The highest BCUT2D eigenvalue weighted by molar-refractivity contribution is 9.10. The minimum Gasteiger partial charge on any atom is -0.345 e. The zero-order chi connectivity index (χ0) is 15.4. The second kappa shape index (κ2) is 6.49. The zero-order valence-electron chi connectivity index (χ0n) is 11.2. The van der Waals surface area contributed by atoms with Gasteiger partial charge in [0.1, 0.15) is 5.56 Å². The van der Waals surface area contributed by atoms with Crippen LogP contribution in [0.2, 0.25) is 0 Å². The van der Waals surface area contributed by atoms with E-state index in [2.05, 4.69) is 21.2 Å². The first-order chi connectivity index (χ1) is 9.99. The maximum absolute atomic E-state index is 12.3. The second-order valence-corrected chi connectivity index (χ2v) is 5.44. The lowest BCUT2D eigenvalue weighted by Gasteiger charge is -2.14. The van der Waals surface area contributed by atoms with Crippen LogP contribution in [-0.4, -0.2) is 10.8 Å². The molecule has 0 heterocycles. The number of benzene rings is 2. The molecular formula is C15H13BrN2O3. The number of carbonyl (C=O) groups excluding carboxylic acids is 1. The number of amides is 1. The molecule has 21 heavy (non-hydrogen) atoms. The normalized spacial score (nSPS) is 11.7. The molecule has 0 bridgehead atoms. The maximum Gasteiger partial charge on any atom is 0.282 e. The SMILES string of the molecule is C[C@@H](NC(=O)c1cc(Br)ccc1[N+](=O)[O-])c1ccccc1. The van der Waals surface area contributed by atoms with E-state index in [0.29, 0.717) is 4.47 Å². The molecule has 0 spiro atoms. The highest BCUT2D eigenvalue weighted by atomic mass is 79.9. The molecule has 6 heteroatoms. The summed E-state index contributed by atoms with van der Waals surface area (Å²) < 4.78 is 0.616. The quantitative estimate of drug-likeness (QED) is 0.673. The van der Waals surface area contributed by atoms with Gasteiger partial charge in [-0.05, 0) is 24.6 Å². The van der Waals surface area contributed by atoms with E-state index in [1.807, 2.05) is 37.3 Å². The third kappa shape index (κ3) is 3.66. The van der Waals surface area contributed by atoms with Gasteiger partial charge in [0.2, 0.25) is 0 Å². The van der Waals surface area contributed by atoms with Crippen molar-refractivity contribution in [1.82, 2.24) is 5.32 Å². The van der Waals surface area contributed by atoms with E-state index < -0.39 is 10.8 Å². The van der Waals surface area contributed by atoms with Gasteiger partial charge >= 0.3 is 0 Å². The van der Waals surface area contributed by atoms with Crippen molar-refractivity contribution in [3.63, 3.8) is 0 Å². The van der Waals surface area contributed by atoms with Gasteiger partial charge in [-0.1, -0.05) is 46.3 Å². The average Bonchev–Trinajstić information content (AvgIpc) is 2.47. The molecule has 0 aliphatic carbocycles. The fourth-order valence-corrected chi connectivity index (χ4v) is 2.31. The first-order valence-corrected chi connectivity index (χ1v) is 7.08. The van der Waals surface area contributed by atoms with Crippen LogP contribution in [0.1, 0.15) is 28.9 Å². The lowest BCUT2D eigenvalue weighted by atomic mass is 10.1. The molecule has 1 amide bonds. The monoisotopic (exact) mass is 348 g/mol. The van der Waals surface area contributed by atoms with Crippen LogP contribution < -0.4 is 5.32 Å². The molecule has 0 saturated heterocycles. The molecule has 5 nitrogen and oxygen atoms in total. The number of rotatable bonds is 4. The predicted molar refractivity (Wildman–Crippen MR) is 83.1 cm³/mol. The smallest absolute Gasteiger partial charge is 0.282 e. The van der Waals surface area contributed by atoms with E-state index >= 15 is 0 Å². The van der Waals surface area contributed by atoms with E-state index in [-0.39, 0.29) is 17.3 Å². The third-order valence-electron chi connectivity index (χ3n) is 3.05. The van der Waals surface area contributed by atoms with Gasteiger partial charge < -0.3 is 5.32 Å². The average molecular weight is 349 g/mol. The summed E-state index contributed by atoms with van der Waals surface area (Å²) in [6, 6.07) is 13.5. The van der Waals surface area contributed by atoms with E-state index in [9.17, 15) is 14.9 Å². The Labute approximate surface area is 130 Å². The van der Waals surface area contributed by atoms with Crippen molar-refractivity contribution < 1.29 is 9.72 Å². The van der Waals surface area contributed by atoms with E-state index in [1.165, 1.54) is 18.2 Å². The molecule has 0 unspecified atom stereocenters. The molecule has 0 aromatic heterocycles. The Balaban J connectivity index is 2.25. The van der Waals surface area contributed by atoms with Crippen molar-refractivity contribution in [2.45, 2.75) is 13.0 Å². The number of hydrogen-bond acceptors (Lipinski definition) is 3. The van der Waals surface area contributed by atoms with Gasteiger partial charge in [-0.3, -0.25) is 14.9 Å². The number of nitro groups is 1. The van der Waals surface area contributed by atoms with Gasteiger partial charge in [-0.2, -0.15) is 0 Å². The highest BCUT2D eigenvalue weighted by Gasteiger charge is 2.21. The summed E-state index contributed by atoms with van der Waals surface area (Å²) in [5.74, 6) is -0.473. The number of nitrogens with one attached hydrogen (secondary N) is 1. The summed E-state index contributed by atoms with van der Waals surface area (Å²) in [7, 11) is 0. The predicted octanol–water partition coefficient (Wildman–Crippen LogP) is 3.85. The highest BCUT2D eigenvalue weighted by Crippen LogP contribution is 2.24. The topological polar surface area (TPSA) is 72.2 Å². The van der Waals surface area contributed by atoms with Crippen LogP contribution in [0.3, 0.4) is 0 Å². The summed E-state index contributed by atoms with van der Waals surface area (Å²) in [5.41, 5.74) is 0.761. The lowest BCUT2D eigenvalue weighted by molar-refractivity contribution is -0.385. The molecular weight excluding hydrogens is 336 g/mol. The van der Waals surface area contributed by atoms with Crippen molar-refractivity contribution in [2.24, 2.45) is 0 Å². The molecule has 2 rings (SSSR count). The van der Waals surface area contributed by atoms with E-state index in [0.717, 1.165) is 5.56 Å². The number of nitrogens with zero attached hydrogens (tertiary/aromatic N) is 1. The van der Waals surface area contributed by atoms with E-state index in [4.69, 9.17) is 0 Å². The van der Waals surface area contributed by atoms with Crippen molar-refractivity contribution >= 4 is 27.5 Å². The minimum atomic E-state index is -0.561. The summed E-state index contributed by atoms with van der Waals surface area (Å²) in [4.78, 5) is 22.7. The largest absolute Gasteiger partial charge is 0.345 e. The molecule has 108 valence electrons. The van der Waals surface area contributed by atoms with Crippen molar-refractivity contribution in [3.8, 4) is 0 Å². The van der Waals surface area contributed by atoms with Crippen molar-refractivity contribution in [3.05, 3.63) is 74.2 Å². The van der Waals surface area contributed by atoms with Crippen LogP contribution in [0, 0.1) is 10.1 Å². The maximum atomic E-state index is 12.3. The van der Waals surface area contributed by atoms with Gasteiger partial charge in [0.05, 0.1) is 11.0 Å². The first kappa shape index (κ1) is 15.2. The number of halogens is 1. The third-order valence-corrected chi connectivity index (χ3v) is 3.54. The molecule has 0 aliphatic heterocycles. The van der Waals surface area contributed by atoms with Crippen LogP contribution in [0.4, 0.5) is 5.69 Å². The summed E-state index contributed by atoms with van der Waals surface area (Å²) in [6.45, 7) is 1.83. The van der Waals surface area contributed by atoms with Crippen LogP contribution in [-0.2, 0) is 0 Å². The van der Waals surface area contributed by atoms with Crippen LogP contribution in [0.25, 0.3) is 0 Å². The van der Waals surface area contributed by atoms with Gasteiger partial charge in [0.15, 0.2) is 0 Å². The molecule has 1 N–H and O–H groups in total. The number of carbonyl (C=O) groups is 1. The standard InChI is InChI=1S/C15H13BrN2O3/c1-10(11-5-3-2-4-6-11)17-15(19)13-9-12(16)7-8-14(13)18(20)21/h2-10H,1H3,(H,17,19)/t10-/m1/s1. The van der Waals surface area contributed by atoms with Gasteiger partial charge in [0.25, 0.3) is 11.6 Å². The lowest BCUT2D eigenvalue weighted by Crippen LogP contribution is -2.27. The van der Waals surface area contributed by atoms with E-state index in [1.54, 1.807) is 0 Å². The number of hydrogen-bond donors (Lipinski definition) is 1. The Kier molecular flexibility index (Phi) is 4.70. The molecule has 2 aromatic rings. The van der Waals surface area contributed by atoms with Gasteiger partial charge in [-0.15, -0.1) is 0 Å². The van der Waals surface area contributed by atoms with Crippen molar-refractivity contribution in [2.75, 3.05) is 0 Å². The second-order valence-electron chi connectivity index (χ2n) is 4.52. The first-order valence-electron chi connectivity index (χ1n) is 6.29. The summed E-state index contributed by atoms with van der Waals surface area (Å²) in [6.07, 6.45) is 0. The molecule has 0 fully saturated rings. The summed E-state index contributed by atoms with van der Waals surface area (Å²) >= 11 is 3.22. The molecule has 0 aliphatic rings. The fourth-order valence-electron chi connectivity index (χ4n) is 1.95. The Morgan fingerprint density at radius 1 is 1.24 bits per heavy atom. The van der Waals surface area contributed by atoms with Crippen molar-refractivity contribution in [1.29, 1.82) is 0 Å². The molecule has 2 aromatic carbocycles. The molecule has 1 atom stereocenters. The molecule has 0 radical (unpaired) electrons. The Bertz CT molecular complexity index is 674. The van der Waals surface area contributed by atoms with Crippen LogP contribution >= 0.6 is 15.9 Å². The Hall–Kier alpha value is -2.21. The van der Waals surface area contributed by atoms with Gasteiger partial charge in [0, 0.05) is 10.5 Å². The molecule has 0 saturated carbocycles. The van der Waals surface area contributed by atoms with Crippen LogP contribution in [0.5, 0.6) is 0 Å². The number of nitro benzene ring substituents is 1. The minimum absolute atomic E-state index is 0.0390. The zero-order valence-corrected chi connectivity index (χ0v) is 12.8. The van der Waals surface area contributed by atoms with Gasteiger partial charge in [-0.25, -0.2) is 0 Å².